The van der Waals surface area contributed by atoms with E-state index >= 15 is 0 Å². The summed E-state index contributed by atoms with van der Waals surface area (Å²) in [5.74, 6) is -0.575. The Labute approximate surface area is 214 Å². The third-order valence-electron chi connectivity index (χ3n) is 6.58. The van der Waals surface area contributed by atoms with Crippen molar-refractivity contribution in [3.05, 3.63) is 130 Å². The second-order valence-electron chi connectivity index (χ2n) is 9.24. The molecule has 37 heavy (non-hydrogen) atoms. The summed E-state index contributed by atoms with van der Waals surface area (Å²) in [5, 5.41) is 19.5. The summed E-state index contributed by atoms with van der Waals surface area (Å²) in [4.78, 5) is 25.7. The number of amides is 1. The molecule has 1 heterocycles. The largest absolute Gasteiger partial charge is 0.375 e. The van der Waals surface area contributed by atoms with Crippen molar-refractivity contribution in [2.75, 3.05) is 5.32 Å². The molecule has 0 saturated heterocycles. The number of anilines is 1. The van der Waals surface area contributed by atoms with Crippen LogP contribution in [0.4, 0.5) is 5.69 Å². The van der Waals surface area contributed by atoms with E-state index < -0.39 is 17.1 Å². The Bertz CT molecular complexity index is 1630. The Kier molecular flexibility index (Phi) is 6.42. The van der Waals surface area contributed by atoms with Crippen LogP contribution in [0.25, 0.3) is 21.9 Å². The molecule has 1 unspecified atom stereocenters. The van der Waals surface area contributed by atoms with Crippen LogP contribution in [0, 0.1) is 13.8 Å². The third kappa shape index (κ3) is 4.92. The molecule has 0 aliphatic heterocycles. The molecule has 0 spiro atoms. The van der Waals surface area contributed by atoms with Crippen molar-refractivity contribution in [1.82, 2.24) is 5.16 Å². The number of carbonyl (C=O) groups is 1. The lowest BCUT2D eigenvalue weighted by Gasteiger charge is -2.28. The molecule has 5 rings (SSSR count). The van der Waals surface area contributed by atoms with Crippen LogP contribution in [-0.2, 0) is 16.8 Å². The number of benzene rings is 4. The van der Waals surface area contributed by atoms with Crippen LogP contribution >= 0.6 is 0 Å². The molecule has 1 atom stereocenters. The van der Waals surface area contributed by atoms with Gasteiger partial charge in [0.05, 0.1) is 11.1 Å². The number of nitrogens with one attached hydrogen (secondary N) is 1. The van der Waals surface area contributed by atoms with E-state index in [1.54, 1.807) is 37.3 Å². The van der Waals surface area contributed by atoms with Gasteiger partial charge in [-0.15, -0.1) is 0 Å². The number of aryl methyl sites for hydroxylation is 2. The summed E-state index contributed by atoms with van der Waals surface area (Å²) in [6.45, 7) is 3.71. The fourth-order valence-electron chi connectivity index (χ4n) is 4.43. The third-order valence-corrected chi connectivity index (χ3v) is 6.58. The summed E-state index contributed by atoms with van der Waals surface area (Å²) < 4.78 is 4.79. The van der Waals surface area contributed by atoms with Gasteiger partial charge in [0.25, 0.3) is 5.91 Å². The minimum absolute atomic E-state index is 0.0849. The molecule has 2 N–H and O–H groups in total. The molecule has 0 fully saturated rings. The zero-order chi connectivity index (χ0) is 26.0. The van der Waals surface area contributed by atoms with Gasteiger partial charge < -0.3 is 14.9 Å². The fourth-order valence-corrected chi connectivity index (χ4v) is 4.43. The topological polar surface area (TPSA) is 92.4 Å². The van der Waals surface area contributed by atoms with Crippen LogP contribution in [0.1, 0.15) is 22.4 Å². The molecule has 0 aliphatic carbocycles. The molecule has 6 nitrogen and oxygen atoms in total. The highest BCUT2D eigenvalue weighted by Gasteiger charge is 2.38. The average molecular weight is 491 g/mol. The Balaban J connectivity index is 1.51. The number of nitrogens with zero attached hydrogens (tertiary/aromatic N) is 1. The smallest absolute Gasteiger partial charge is 0.366 e. The number of aliphatic hydroxyl groups is 1. The Morgan fingerprint density at radius 1 is 0.865 bits per heavy atom. The van der Waals surface area contributed by atoms with Gasteiger partial charge in [0.1, 0.15) is 0 Å². The minimum atomic E-state index is -1.84. The molecular formula is C31H26N2O4. The first kappa shape index (κ1) is 24.2. The quantitative estimate of drug-likeness (QED) is 0.326. The number of hydrogen-bond acceptors (Lipinski definition) is 5. The van der Waals surface area contributed by atoms with Crippen LogP contribution < -0.4 is 10.9 Å². The lowest BCUT2D eigenvalue weighted by atomic mass is 9.85. The van der Waals surface area contributed by atoms with E-state index in [0.717, 1.165) is 22.3 Å². The second-order valence-corrected chi connectivity index (χ2v) is 9.24. The molecule has 0 saturated carbocycles. The zero-order valence-corrected chi connectivity index (χ0v) is 20.6. The monoisotopic (exact) mass is 490 g/mol. The van der Waals surface area contributed by atoms with Crippen LogP contribution in [0.2, 0.25) is 0 Å². The van der Waals surface area contributed by atoms with Gasteiger partial charge in [-0.2, -0.15) is 0 Å². The Hall–Kier alpha value is -4.55. The molecule has 4 aromatic carbocycles. The maximum absolute atomic E-state index is 13.7. The van der Waals surface area contributed by atoms with Crippen molar-refractivity contribution in [1.29, 1.82) is 0 Å². The average Bonchev–Trinajstić information content (AvgIpc) is 2.92. The normalized spacial score (nSPS) is 12.7. The predicted molar refractivity (Wildman–Crippen MR) is 144 cm³/mol. The van der Waals surface area contributed by atoms with E-state index in [0.29, 0.717) is 27.7 Å². The lowest BCUT2D eigenvalue weighted by Crippen LogP contribution is -2.42. The van der Waals surface area contributed by atoms with E-state index in [4.69, 9.17) is 4.52 Å². The van der Waals surface area contributed by atoms with Gasteiger partial charge in [0, 0.05) is 17.5 Å². The predicted octanol–water partition coefficient (Wildman–Crippen LogP) is 5.54. The Morgan fingerprint density at radius 3 is 2.24 bits per heavy atom. The summed E-state index contributed by atoms with van der Waals surface area (Å²) in [6.07, 6.45) is 0.0849. The SMILES string of the molecule is Cc1ccc(CC(O)(C(=O)Nc2ccc3c(=O)onc(C)c3c2)c2ccc(-c3ccccc3)cc2)cc1. The van der Waals surface area contributed by atoms with Crippen molar-refractivity contribution in [3.8, 4) is 11.1 Å². The summed E-state index contributed by atoms with van der Waals surface area (Å²) in [5.41, 5.74) is 3.00. The number of rotatable bonds is 6. The first-order valence-electron chi connectivity index (χ1n) is 12.0. The molecule has 5 aromatic rings. The van der Waals surface area contributed by atoms with Gasteiger partial charge in [-0.05, 0) is 54.3 Å². The zero-order valence-electron chi connectivity index (χ0n) is 20.6. The van der Waals surface area contributed by atoms with E-state index in [2.05, 4.69) is 10.5 Å². The molecule has 6 heteroatoms. The van der Waals surface area contributed by atoms with Crippen molar-refractivity contribution in [3.63, 3.8) is 0 Å². The second kappa shape index (κ2) is 9.84. The highest BCUT2D eigenvalue weighted by molar-refractivity contribution is 6.00. The summed E-state index contributed by atoms with van der Waals surface area (Å²) in [6, 6.07) is 29.9. The van der Waals surface area contributed by atoms with Crippen LogP contribution in [0.5, 0.6) is 0 Å². The molecule has 0 radical (unpaired) electrons. The molecule has 0 aliphatic rings. The van der Waals surface area contributed by atoms with Crippen LogP contribution in [-0.4, -0.2) is 16.2 Å². The van der Waals surface area contributed by atoms with E-state index in [-0.39, 0.29) is 6.42 Å². The first-order valence-corrected chi connectivity index (χ1v) is 12.0. The van der Waals surface area contributed by atoms with Crippen molar-refractivity contribution < 1.29 is 14.4 Å². The maximum Gasteiger partial charge on any atom is 0.366 e. The fraction of sp³-hybridized carbons (Fsp3) is 0.129. The molecular weight excluding hydrogens is 464 g/mol. The summed E-state index contributed by atoms with van der Waals surface area (Å²) >= 11 is 0. The van der Waals surface area contributed by atoms with E-state index in [9.17, 15) is 14.7 Å². The van der Waals surface area contributed by atoms with Gasteiger partial charge in [-0.25, -0.2) is 4.79 Å². The first-order chi connectivity index (χ1) is 17.8. The molecule has 1 amide bonds. The molecule has 184 valence electrons. The van der Waals surface area contributed by atoms with Crippen molar-refractivity contribution in [2.45, 2.75) is 25.9 Å². The maximum atomic E-state index is 13.7. The van der Waals surface area contributed by atoms with Crippen LogP contribution in [0.15, 0.2) is 106 Å². The van der Waals surface area contributed by atoms with Gasteiger partial charge in [0.2, 0.25) is 0 Å². The standard InChI is InChI=1S/C31H26N2O4/c1-20-8-10-22(11-9-20)19-31(36,25-14-12-24(13-15-25)23-6-4-3-5-7-23)30(35)32-26-16-17-27-28(18-26)21(2)33-37-29(27)34/h3-18,36H,19H2,1-2H3,(H,32,35). The van der Waals surface area contributed by atoms with Crippen molar-refractivity contribution in [2.24, 2.45) is 0 Å². The van der Waals surface area contributed by atoms with E-state index in [1.165, 1.54) is 0 Å². The highest BCUT2D eigenvalue weighted by Crippen LogP contribution is 2.31. The number of aromatic nitrogens is 1. The molecule has 1 aromatic heterocycles. The number of fused-ring (bicyclic) bond motifs is 1. The highest BCUT2D eigenvalue weighted by atomic mass is 16.5. The Morgan fingerprint density at radius 2 is 1.54 bits per heavy atom. The lowest BCUT2D eigenvalue weighted by molar-refractivity contribution is -0.135. The van der Waals surface area contributed by atoms with Gasteiger partial charge >= 0.3 is 5.63 Å². The van der Waals surface area contributed by atoms with Gasteiger partial charge in [-0.1, -0.05) is 89.6 Å². The van der Waals surface area contributed by atoms with Gasteiger partial charge in [0.15, 0.2) is 5.60 Å². The molecule has 0 bridgehead atoms. The summed E-state index contributed by atoms with van der Waals surface area (Å²) in [7, 11) is 0. The van der Waals surface area contributed by atoms with Gasteiger partial charge in [-0.3, -0.25) is 4.79 Å². The van der Waals surface area contributed by atoms with Crippen LogP contribution in [0.3, 0.4) is 0 Å². The minimum Gasteiger partial charge on any atom is -0.375 e. The number of carbonyl (C=O) groups excluding carboxylic acids is 1. The van der Waals surface area contributed by atoms with Crippen molar-refractivity contribution >= 4 is 22.4 Å². The number of hydrogen-bond donors (Lipinski definition) is 2. The van der Waals surface area contributed by atoms with E-state index in [1.807, 2.05) is 73.7 Å².